The number of aromatic nitrogens is 2. The molecule has 2 saturated carbocycles. The van der Waals surface area contributed by atoms with Crippen molar-refractivity contribution in [3.8, 4) is 0 Å². The molecule has 0 unspecified atom stereocenters. The van der Waals surface area contributed by atoms with Crippen molar-refractivity contribution in [3.63, 3.8) is 0 Å². The van der Waals surface area contributed by atoms with Gasteiger partial charge in [0.1, 0.15) is 18.1 Å². The van der Waals surface area contributed by atoms with Crippen LogP contribution < -0.4 is 0 Å². The minimum Gasteiger partial charge on any atom is -0.481 e. The second kappa shape index (κ2) is 18.2. The van der Waals surface area contributed by atoms with Gasteiger partial charge in [0.2, 0.25) is 0 Å². The van der Waals surface area contributed by atoms with Gasteiger partial charge < -0.3 is 28.5 Å². The van der Waals surface area contributed by atoms with Crippen molar-refractivity contribution in [2.24, 2.45) is 11.8 Å². The molecule has 2 aliphatic carbocycles. The van der Waals surface area contributed by atoms with Crippen molar-refractivity contribution in [3.05, 3.63) is 35.7 Å². The summed E-state index contributed by atoms with van der Waals surface area (Å²) in [5.41, 5.74) is -0.0107. The Morgan fingerprint density at radius 3 is 1.54 bits per heavy atom. The normalized spacial score (nSPS) is 16.1. The molecular weight excluding hydrogens is 616 g/mol. The Bertz CT molecular complexity index is 1330. The van der Waals surface area contributed by atoms with Crippen molar-refractivity contribution in [1.29, 1.82) is 0 Å². The summed E-state index contributed by atoms with van der Waals surface area (Å²) in [4.78, 5) is 58.7. The molecular formula is C36H56N4O8. The second-order valence-corrected chi connectivity index (χ2v) is 14.8. The predicted molar refractivity (Wildman–Crippen MR) is 180 cm³/mol. The first kappa shape index (κ1) is 38.7. The number of aliphatic carboxylic acids is 1. The molecule has 0 aromatic carbocycles. The van der Waals surface area contributed by atoms with Crippen molar-refractivity contribution in [2.45, 2.75) is 128 Å². The molecule has 0 bridgehead atoms. The van der Waals surface area contributed by atoms with Gasteiger partial charge in [-0.3, -0.25) is 19.2 Å². The zero-order valence-electron chi connectivity index (χ0n) is 30.0. The molecule has 2 aromatic rings. The maximum Gasteiger partial charge on any atom is 0.307 e. The molecule has 2 aromatic heterocycles. The molecule has 12 heteroatoms. The Balaban J connectivity index is 0.000000264. The van der Waals surface area contributed by atoms with Gasteiger partial charge >= 0.3 is 11.9 Å². The molecule has 0 radical (unpaired) electrons. The molecule has 0 saturated heterocycles. The van der Waals surface area contributed by atoms with E-state index >= 15 is 0 Å². The van der Waals surface area contributed by atoms with Gasteiger partial charge in [-0.2, -0.15) is 0 Å². The first-order valence-corrected chi connectivity index (χ1v) is 17.4. The van der Waals surface area contributed by atoms with Crippen LogP contribution in [-0.2, 0) is 14.3 Å². The van der Waals surface area contributed by atoms with Gasteiger partial charge in [-0.05, 0) is 45.4 Å². The van der Waals surface area contributed by atoms with E-state index in [1.54, 1.807) is 28.2 Å². The molecule has 2 atom stereocenters. The van der Waals surface area contributed by atoms with Gasteiger partial charge in [0.05, 0.1) is 12.8 Å². The summed E-state index contributed by atoms with van der Waals surface area (Å²) in [5.74, 6) is 0.459. The quantitative estimate of drug-likeness (QED) is 0.183. The predicted octanol–water partition coefficient (Wildman–Crippen LogP) is 7.07. The third kappa shape index (κ3) is 12.7. The Hall–Kier alpha value is -3.70. The minimum atomic E-state index is -0.868. The van der Waals surface area contributed by atoms with E-state index < -0.39 is 11.6 Å². The first-order valence-electron chi connectivity index (χ1n) is 17.4. The first-order chi connectivity index (χ1) is 22.6. The summed E-state index contributed by atoms with van der Waals surface area (Å²) in [7, 11) is 6.63. The number of ether oxygens (including phenoxy) is 1. The van der Waals surface area contributed by atoms with Gasteiger partial charge in [-0.1, -0.05) is 64.2 Å². The van der Waals surface area contributed by atoms with Crippen LogP contribution in [0.4, 0.5) is 0 Å². The lowest BCUT2D eigenvalue weighted by molar-refractivity contribution is -0.155. The molecule has 12 nitrogen and oxygen atoms in total. The van der Waals surface area contributed by atoms with E-state index in [1.807, 2.05) is 20.8 Å². The van der Waals surface area contributed by atoms with Crippen LogP contribution in [0.5, 0.6) is 0 Å². The number of carbonyl (C=O) groups excluding carboxylic acids is 3. The number of hydrogen-bond donors (Lipinski definition) is 1. The van der Waals surface area contributed by atoms with Crippen molar-refractivity contribution in [2.75, 3.05) is 28.2 Å². The lowest BCUT2D eigenvalue weighted by Crippen LogP contribution is -2.25. The highest BCUT2D eigenvalue weighted by molar-refractivity contribution is 5.92. The van der Waals surface area contributed by atoms with E-state index in [-0.39, 0.29) is 53.8 Å². The van der Waals surface area contributed by atoms with Gasteiger partial charge in [-0.25, -0.2) is 9.97 Å². The van der Waals surface area contributed by atoms with Crippen LogP contribution in [0, 0.1) is 11.8 Å². The van der Waals surface area contributed by atoms with E-state index in [9.17, 15) is 19.2 Å². The Labute approximate surface area is 285 Å². The summed E-state index contributed by atoms with van der Waals surface area (Å²) in [6, 6.07) is 0. The lowest BCUT2D eigenvalue weighted by Gasteiger charge is -2.26. The molecule has 2 amide bonds. The van der Waals surface area contributed by atoms with Gasteiger partial charge in [0.15, 0.2) is 23.2 Å². The topological polar surface area (TPSA) is 156 Å². The molecule has 0 aliphatic heterocycles. The average Bonchev–Trinajstić information content (AvgIpc) is 3.63. The Kier molecular flexibility index (Phi) is 14.7. The number of rotatable bonds is 16. The van der Waals surface area contributed by atoms with E-state index in [4.69, 9.17) is 18.7 Å². The minimum absolute atomic E-state index is 0.0131. The summed E-state index contributed by atoms with van der Waals surface area (Å²) in [6.07, 6.45) is 16.6. The SMILES string of the molecule is CN(C)C(=O)c1coc([C@H](CCCC2CCC2)CC(=O)O)n1.CN(C)C(=O)c1coc([C@H](CCCC2CCC2)CC(=O)OC(C)(C)C)n1. The summed E-state index contributed by atoms with van der Waals surface area (Å²) in [6.45, 7) is 5.57. The van der Waals surface area contributed by atoms with Crippen LogP contribution in [0.3, 0.4) is 0 Å². The third-order valence-corrected chi connectivity index (χ3v) is 9.03. The molecule has 1 N–H and O–H groups in total. The third-order valence-electron chi connectivity index (χ3n) is 9.03. The molecule has 2 heterocycles. The summed E-state index contributed by atoms with van der Waals surface area (Å²) in [5, 5.41) is 9.07. The highest BCUT2D eigenvalue weighted by Gasteiger charge is 2.28. The number of esters is 1. The number of nitrogens with zero attached hydrogens (tertiary/aromatic N) is 4. The summed E-state index contributed by atoms with van der Waals surface area (Å²) >= 11 is 0. The van der Waals surface area contributed by atoms with Crippen LogP contribution in [0.15, 0.2) is 21.4 Å². The number of hydrogen-bond acceptors (Lipinski definition) is 9. The number of oxazole rings is 2. The van der Waals surface area contributed by atoms with Crippen LogP contribution in [0.25, 0.3) is 0 Å². The number of carboxylic acids is 1. The smallest absolute Gasteiger partial charge is 0.307 e. The lowest BCUT2D eigenvalue weighted by atomic mass is 9.81. The van der Waals surface area contributed by atoms with Crippen LogP contribution in [-0.4, -0.2) is 82.4 Å². The highest BCUT2D eigenvalue weighted by atomic mass is 16.6. The molecule has 2 aliphatic rings. The van der Waals surface area contributed by atoms with Gasteiger partial charge in [0.25, 0.3) is 11.8 Å². The molecule has 48 heavy (non-hydrogen) atoms. The number of carbonyl (C=O) groups is 4. The fourth-order valence-corrected chi connectivity index (χ4v) is 5.89. The molecule has 4 rings (SSSR count). The fourth-order valence-electron chi connectivity index (χ4n) is 5.89. The van der Waals surface area contributed by atoms with Crippen molar-refractivity contribution in [1.82, 2.24) is 19.8 Å². The van der Waals surface area contributed by atoms with Crippen molar-refractivity contribution < 1.29 is 37.9 Å². The van der Waals surface area contributed by atoms with Gasteiger partial charge in [0, 0.05) is 40.0 Å². The van der Waals surface area contributed by atoms with E-state index in [0.717, 1.165) is 43.9 Å². The van der Waals surface area contributed by atoms with E-state index in [1.165, 1.54) is 67.3 Å². The standard InChI is InChI=1S/C20H32N2O4.C16H24N2O4/c1-20(2,3)26-17(23)12-15(11-7-10-14-8-6-9-14)18-21-16(13-25-18)19(24)22(4)5;1-18(2)16(21)13-10-22-15(17-13)12(9-14(19)20)8-4-7-11-5-3-6-11/h13-15H,6-12H2,1-5H3;10-12H,3-9H2,1-2H3,(H,19,20)/t15-;12-/m11/s1. The van der Waals surface area contributed by atoms with Crippen LogP contribution in [0.2, 0.25) is 0 Å². The largest absolute Gasteiger partial charge is 0.481 e. The van der Waals surface area contributed by atoms with Crippen LogP contribution in [0.1, 0.15) is 155 Å². The molecule has 268 valence electrons. The Morgan fingerprint density at radius 1 is 0.792 bits per heavy atom. The maximum atomic E-state index is 12.3. The van der Waals surface area contributed by atoms with E-state index in [2.05, 4.69) is 9.97 Å². The Morgan fingerprint density at radius 2 is 1.21 bits per heavy atom. The number of amides is 2. The zero-order valence-corrected chi connectivity index (χ0v) is 30.0. The van der Waals surface area contributed by atoms with Crippen molar-refractivity contribution >= 4 is 23.8 Å². The van der Waals surface area contributed by atoms with E-state index in [0.29, 0.717) is 11.8 Å². The van der Waals surface area contributed by atoms with Crippen LogP contribution >= 0.6 is 0 Å². The monoisotopic (exact) mass is 672 g/mol. The molecule has 2 fully saturated rings. The number of carboxylic acid groups (broad SMARTS) is 1. The highest BCUT2D eigenvalue weighted by Crippen LogP contribution is 2.35. The summed E-state index contributed by atoms with van der Waals surface area (Å²) < 4.78 is 16.4. The fraction of sp³-hybridized carbons (Fsp3) is 0.722. The molecule has 0 spiro atoms. The van der Waals surface area contributed by atoms with Gasteiger partial charge in [-0.15, -0.1) is 0 Å². The second-order valence-electron chi connectivity index (χ2n) is 14.8. The zero-order chi connectivity index (χ0) is 35.4. The average molecular weight is 673 g/mol. The maximum absolute atomic E-state index is 12.3.